The van der Waals surface area contributed by atoms with Crippen LogP contribution in [0.2, 0.25) is 0 Å². The average molecular weight is 545 g/mol. The third-order valence-electron chi connectivity index (χ3n) is 7.07. The topological polar surface area (TPSA) is 59.7 Å². The van der Waals surface area contributed by atoms with Crippen molar-refractivity contribution in [3.8, 4) is 5.75 Å². The highest BCUT2D eigenvalue weighted by molar-refractivity contribution is 5.58. The fourth-order valence-corrected chi connectivity index (χ4v) is 4.98. The molecule has 0 spiro atoms. The summed E-state index contributed by atoms with van der Waals surface area (Å²) in [4.78, 5) is 30.2. The summed E-state index contributed by atoms with van der Waals surface area (Å²) >= 11 is 0. The second-order valence-corrected chi connectivity index (χ2v) is 10.2. The molecule has 0 saturated carbocycles. The lowest BCUT2D eigenvalue weighted by atomic mass is 10.1. The summed E-state index contributed by atoms with van der Waals surface area (Å²) in [7, 11) is 0. The minimum Gasteiger partial charge on any atom is -0.482 e. The standard InChI is InChI=1S/C29H35F3N4O3/c1-21-9-10-24(22(2)17-21)19-35-18-23(3)27(37)36(28(35)38)12-6-11-33-13-15-34(16-14-33)25-7-4-5-8-26(25)39-20-29(30,31)32/h4-5,7-10,17-18H,6,11-16,19-20H2,1-3H3. The van der Waals surface area contributed by atoms with E-state index in [0.717, 1.165) is 16.7 Å². The van der Waals surface area contributed by atoms with Gasteiger partial charge in [-0.15, -0.1) is 0 Å². The first-order valence-electron chi connectivity index (χ1n) is 13.1. The molecule has 1 saturated heterocycles. The normalized spacial score (nSPS) is 14.6. The number of rotatable bonds is 9. The van der Waals surface area contributed by atoms with E-state index < -0.39 is 12.8 Å². The van der Waals surface area contributed by atoms with Crippen molar-refractivity contribution in [2.45, 2.75) is 46.5 Å². The van der Waals surface area contributed by atoms with Crippen LogP contribution in [-0.4, -0.2) is 59.5 Å². The zero-order chi connectivity index (χ0) is 28.2. The first kappa shape index (κ1) is 28.5. The quantitative estimate of drug-likeness (QED) is 0.406. The number of para-hydroxylation sites is 2. The monoisotopic (exact) mass is 544 g/mol. The zero-order valence-electron chi connectivity index (χ0n) is 22.6. The van der Waals surface area contributed by atoms with Gasteiger partial charge in [0.15, 0.2) is 6.61 Å². The maximum absolute atomic E-state index is 13.2. The van der Waals surface area contributed by atoms with Crippen molar-refractivity contribution in [2.24, 2.45) is 0 Å². The van der Waals surface area contributed by atoms with Gasteiger partial charge in [-0.3, -0.25) is 18.8 Å². The Morgan fingerprint density at radius 1 is 0.897 bits per heavy atom. The van der Waals surface area contributed by atoms with Gasteiger partial charge in [0.2, 0.25) is 0 Å². The van der Waals surface area contributed by atoms with E-state index in [2.05, 4.69) is 11.0 Å². The van der Waals surface area contributed by atoms with Gasteiger partial charge in [-0.05, 0) is 57.0 Å². The highest BCUT2D eigenvalue weighted by Gasteiger charge is 2.29. The van der Waals surface area contributed by atoms with Crippen LogP contribution in [0.1, 0.15) is 28.7 Å². The van der Waals surface area contributed by atoms with Crippen LogP contribution in [0.3, 0.4) is 0 Å². The predicted octanol–water partition coefficient (Wildman–Crippen LogP) is 4.14. The number of aryl methyl sites for hydroxylation is 3. The van der Waals surface area contributed by atoms with Crippen molar-refractivity contribution in [1.82, 2.24) is 14.0 Å². The molecule has 1 aromatic heterocycles. The number of anilines is 1. The van der Waals surface area contributed by atoms with Gasteiger partial charge in [0.05, 0.1) is 12.2 Å². The summed E-state index contributed by atoms with van der Waals surface area (Å²) in [6.45, 7) is 8.59. The molecule has 39 heavy (non-hydrogen) atoms. The van der Waals surface area contributed by atoms with Gasteiger partial charge < -0.3 is 9.64 Å². The smallest absolute Gasteiger partial charge is 0.422 e. The summed E-state index contributed by atoms with van der Waals surface area (Å²) in [5.41, 5.74) is 3.89. The van der Waals surface area contributed by atoms with E-state index >= 15 is 0 Å². The number of hydrogen-bond acceptors (Lipinski definition) is 5. The van der Waals surface area contributed by atoms with E-state index in [0.29, 0.717) is 63.5 Å². The average Bonchev–Trinajstić information content (AvgIpc) is 2.89. The fraction of sp³-hybridized carbons (Fsp3) is 0.448. The van der Waals surface area contributed by atoms with E-state index in [4.69, 9.17) is 4.74 Å². The van der Waals surface area contributed by atoms with E-state index in [9.17, 15) is 22.8 Å². The molecule has 0 aliphatic carbocycles. The number of halogens is 3. The Labute approximate surface area is 226 Å². The lowest BCUT2D eigenvalue weighted by Gasteiger charge is -2.36. The molecule has 0 unspecified atom stereocenters. The maximum atomic E-state index is 13.2. The van der Waals surface area contributed by atoms with Crippen LogP contribution in [-0.2, 0) is 13.1 Å². The Kier molecular flexibility index (Phi) is 8.84. The second kappa shape index (κ2) is 12.1. The second-order valence-electron chi connectivity index (χ2n) is 10.2. The summed E-state index contributed by atoms with van der Waals surface area (Å²) in [5.74, 6) is 0.221. The minimum absolute atomic E-state index is 0.221. The van der Waals surface area contributed by atoms with E-state index in [1.807, 2.05) is 30.9 Å². The highest BCUT2D eigenvalue weighted by Crippen LogP contribution is 2.30. The molecule has 3 aromatic rings. The van der Waals surface area contributed by atoms with Crippen molar-refractivity contribution >= 4 is 5.69 Å². The molecule has 2 heterocycles. The Bertz CT molecular complexity index is 1410. The summed E-state index contributed by atoms with van der Waals surface area (Å²) in [5, 5.41) is 0. The van der Waals surface area contributed by atoms with Crippen molar-refractivity contribution in [3.05, 3.63) is 91.8 Å². The molecule has 7 nitrogen and oxygen atoms in total. The number of piperazine rings is 1. The molecule has 0 bridgehead atoms. The number of alkyl halides is 3. The third-order valence-corrected chi connectivity index (χ3v) is 7.07. The number of nitrogens with zero attached hydrogens (tertiary/aromatic N) is 4. The SMILES string of the molecule is Cc1ccc(Cn2cc(C)c(=O)n(CCCN3CCN(c4ccccc4OCC(F)(F)F)CC3)c2=O)c(C)c1. The molecule has 2 aromatic carbocycles. The predicted molar refractivity (Wildman–Crippen MR) is 146 cm³/mol. The van der Waals surface area contributed by atoms with Gasteiger partial charge in [-0.1, -0.05) is 35.9 Å². The van der Waals surface area contributed by atoms with E-state index in [1.54, 1.807) is 42.0 Å². The van der Waals surface area contributed by atoms with Crippen molar-refractivity contribution < 1.29 is 17.9 Å². The largest absolute Gasteiger partial charge is 0.482 e. The zero-order valence-corrected chi connectivity index (χ0v) is 22.6. The maximum Gasteiger partial charge on any atom is 0.422 e. The summed E-state index contributed by atoms with van der Waals surface area (Å²) < 4.78 is 45.9. The van der Waals surface area contributed by atoms with E-state index in [-0.39, 0.29) is 17.0 Å². The minimum atomic E-state index is -4.39. The Morgan fingerprint density at radius 2 is 1.62 bits per heavy atom. The Morgan fingerprint density at radius 3 is 2.31 bits per heavy atom. The number of ether oxygens (including phenoxy) is 1. The molecular weight excluding hydrogens is 509 g/mol. The molecule has 210 valence electrons. The van der Waals surface area contributed by atoms with Crippen LogP contribution in [0.15, 0.2) is 58.3 Å². The van der Waals surface area contributed by atoms with Crippen LogP contribution < -0.4 is 20.9 Å². The van der Waals surface area contributed by atoms with Gasteiger partial charge in [0.1, 0.15) is 5.75 Å². The van der Waals surface area contributed by atoms with Crippen molar-refractivity contribution in [1.29, 1.82) is 0 Å². The molecule has 1 aliphatic rings. The van der Waals surface area contributed by atoms with Gasteiger partial charge in [0.25, 0.3) is 5.56 Å². The van der Waals surface area contributed by atoms with Crippen LogP contribution in [0, 0.1) is 20.8 Å². The lowest BCUT2D eigenvalue weighted by molar-refractivity contribution is -0.153. The molecule has 1 aliphatic heterocycles. The summed E-state index contributed by atoms with van der Waals surface area (Å²) in [6, 6.07) is 12.9. The first-order chi connectivity index (χ1) is 18.5. The fourth-order valence-electron chi connectivity index (χ4n) is 4.98. The van der Waals surface area contributed by atoms with Gasteiger partial charge in [-0.2, -0.15) is 13.2 Å². The van der Waals surface area contributed by atoms with Crippen LogP contribution in [0.25, 0.3) is 0 Å². The molecule has 0 N–H and O–H groups in total. The molecule has 1 fully saturated rings. The number of benzene rings is 2. The lowest BCUT2D eigenvalue weighted by Crippen LogP contribution is -2.47. The van der Waals surface area contributed by atoms with Crippen LogP contribution in [0.4, 0.5) is 18.9 Å². The van der Waals surface area contributed by atoms with Crippen molar-refractivity contribution in [3.63, 3.8) is 0 Å². The summed E-state index contributed by atoms with van der Waals surface area (Å²) in [6.07, 6.45) is -2.13. The molecule has 0 atom stereocenters. The van der Waals surface area contributed by atoms with Gasteiger partial charge >= 0.3 is 11.9 Å². The van der Waals surface area contributed by atoms with Gasteiger partial charge in [-0.25, -0.2) is 4.79 Å². The molecule has 0 amide bonds. The molecule has 0 radical (unpaired) electrons. The molecule has 4 rings (SSSR count). The molecule has 10 heteroatoms. The van der Waals surface area contributed by atoms with Crippen LogP contribution in [0.5, 0.6) is 5.75 Å². The number of aromatic nitrogens is 2. The third kappa shape index (κ3) is 7.32. The highest BCUT2D eigenvalue weighted by atomic mass is 19.4. The first-order valence-corrected chi connectivity index (χ1v) is 13.1. The number of hydrogen-bond donors (Lipinski definition) is 0. The van der Waals surface area contributed by atoms with E-state index in [1.165, 1.54) is 4.57 Å². The van der Waals surface area contributed by atoms with Gasteiger partial charge in [0, 0.05) is 44.5 Å². The van der Waals surface area contributed by atoms with Crippen molar-refractivity contribution in [2.75, 3.05) is 44.2 Å². The van der Waals surface area contributed by atoms with Crippen LogP contribution >= 0.6 is 0 Å². The Hall–Kier alpha value is -3.53. The Balaban J connectivity index is 1.35. The molecular formula is C29H35F3N4O3.